The van der Waals surface area contributed by atoms with Gasteiger partial charge in [-0.05, 0) is 57.5 Å². The summed E-state index contributed by atoms with van der Waals surface area (Å²) in [7, 11) is 3.91. The first-order chi connectivity index (χ1) is 16.3. The monoisotopic (exact) mass is 505 g/mol. The molecule has 184 valence electrons. The van der Waals surface area contributed by atoms with Crippen LogP contribution >= 0.6 is 23.2 Å². The Bertz CT molecular complexity index is 1020. The molecule has 1 aliphatic rings. The van der Waals surface area contributed by atoms with E-state index in [4.69, 9.17) is 32.5 Å². The number of hydrogen-bond acceptors (Lipinski definition) is 6. The van der Waals surface area contributed by atoms with Gasteiger partial charge in [-0.3, -0.25) is 0 Å². The number of halogens is 2. The first-order valence-electron chi connectivity index (χ1n) is 11.7. The Balaban J connectivity index is 0.000000248. The maximum atomic E-state index is 11.6. The molecule has 0 bridgehead atoms. The van der Waals surface area contributed by atoms with E-state index in [-0.39, 0.29) is 5.92 Å². The normalized spacial score (nSPS) is 16.0. The van der Waals surface area contributed by atoms with Crippen LogP contribution < -0.4 is 4.74 Å². The second-order valence-corrected chi connectivity index (χ2v) is 9.54. The minimum absolute atomic E-state index is 0.128. The van der Waals surface area contributed by atoms with Crippen molar-refractivity contribution in [2.45, 2.75) is 51.2 Å². The second kappa shape index (κ2) is 12.5. The molecule has 1 unspecified atom stereocenters. The van der Waals surface area contributed by atoms with Crippen LogP contribution in [0.3, 0.4) is 0 Å². The van der Waals surface area contributed by atoms with Crippen molar-refractivity contribution in [1.29, 1.82) is 0 Å². The molecule has 1 aromatic heterocycles. The molecule has 0 saturated heterocycles. The van der Waals surface area contributed by atoms with Crippen molar-refractivity contribution >= 4 is 23.2 Å². The third-order valence-electron chi connectivity index (χ3n) is 5.87. The summed E-state index contributed by atoms with van der Waals surface area (Å²) in [5, 5.41) is 16.8. The third-order valence-corrected chi connectivity index (χ3v) is 6.61. The zero-order valence-electron chi connectivity index (χ0n) is 20.0. The molecular formula is C26H33Cl2N3O3. The van der Waals surface area contributed by atoms with E-state index < -0.39 is 5.60 Å². The lowest BCUT2D eigenvalue weighted by atomic mass is 9.73. The number of aromatic nitrogens is 2. The number of ether oxygens (including phenoxy) is 1. The summed E-state index contributed by atoms with van der Waals surface area (Å²) >= 11 is 11.4. The van der Waals surface area contributed by atoms with Crippen LogP contribution in [0.4, 0.5) is 0 Å². The zero-order valence-corrected chi connectivity index (χ0v) is 21.5. The van der Waals surface area contributed by atoms with E-state index in [9.17, 15) is 5.11 Å². The van der Waals surface area contributed by atoms with Crippen LogP contribution in [0.15, 0.2) is 53.1 Å². The molecule has 1 heterocycles. The Kier molecular flexibility index (Phi) is 9.77. The van der Waals surface area contributed by atoms with E-state index in [1.807, 2.05) is 56.3 Å². The zero-order chi connectivity index (χ0) is 24.6. The van der Waals surface area contributed by atoms with Gasteiger partial charge in [0.15, 0.2) is 5.60 Å². The van der Waals surface area contributed by atoms with Crippen LogP contribution in [0.1, 0.15) is 56.3 Å². The van der Waals surface area contributed by atoms with Crippen molar-refractivity contribution in [3.05, 3.63) is 75.9 Å². The van der Waals surface area contributed by atoms with E-state index in [1.165, 1.54) is 6.42 Å². The average Bonchev–Trinajstić information content (AvgIpc) is 3.31. The molecule has 1 aliphatic carbocycles. The molecule has 1 fully saturated rings. The fraction of sp³-hybridized carbons (Fsp3) is 0.462. The number of rotatable bonds is 7. The predicted molar refractivity (Wildman–Crippen MR) is 135 cm³/mol. The number of benzene rings is 2. The summed E-state index contributed by atoms with van der Waals surface area (Å²) in [6.07, 6.45) is 5.50. The quantitative estimate of drug-likeness (QED) is 0.403. The highest BCUT2D eigenvalue weighted by Gasteiger charge is 2.44. The van der Waals surface area contributed by atoms with Crippen LogP contribution in [0, 0.1) is 5.92 Å². The summed E-state index contributed by atoms with van der Waals surface area (Å²) < 4.78 is 10.6. The summed E-state index contributed by atoms with van der Waals surface area (Å²) in [6, 6.07) is 15.0. The Hall–Kier alpha value is -2.12. The molecule has 2 aromatic carbocycles. The molecule has 6 nitrogen and oxygen atoms in total. The van der Waals surface area contributed by atoms with E-state index in [2.05, 4.69) is 10.1 Å². The molecule has 1 atom stereocenters. The molecular weight excluding hydrogens is 473 g/mol. The fourth-order valence-corrected chi connectivity index (χ4v) is 4.53. The highest BCUT2D eigenvalue weighted by Crippen LogP contribution is 2.42. The van der Waals surface area contributed by atoms with Crippen LogP contribution in [0.5, 0.6) is 5.75 Å². The van der Waals surface area contributed by atoms with E-state index in [0.29, 0.717) is 34.9 Å². The summed E-state index contributed by atoms with van der Waals surface area (Å²) in [5.41, 5.74) is -0.320. The van der Waals surface area contributed by atoms with Crippen molar-refractivity contribution < 1.29 is 14.4 Å². The standard InChI is InChI=1S/C18H25N3O2.C8H8Cl2O/c1-21(2)13-16-19-17(20-23-16)18(22,14-9-5-3-6-10-14)15-11-7-4-8-12-15;1-2-11-6-3-4-7(9)8(10)5-6/h3,5-6,9-10,15,22H,4,7-8,11-13H2,1-2H3;3-5H,2H2,1H3. The van der Waals surface area contributed by atoms with Crippen molar-refractivity contribution in [2.24, 2.45) is 5.92 Å². The van der Waals surface area contributed by atoms with Crippen molar-refractivity contribution in [3.63, 3.8) is 0 Å². The van der Waals surface area contributed by atoms with Gasteiger partial charge in [-0.15, -0.1) is 0 Å². The Labute approximate surface area is 211 Å². The average molecular weight is 506 g/mol. The van der Waals surface area contributed by atoms with Gasteiger partial charge >= 0.3 is 0 Å². The molecule has 1 N–H and O–H groups in total. The maximum Gasteiger partial charge on any atom is 0.240 e. The SMILES string of the molecule is CCOc1ccc(Cl)c(Cl)c1.CN(C)Cc1nc(C(O)(c2ccccc2)C2CCCCC2)no1. The van der Waals surface area contributed by atoms with E-state index in [1.54, 1.807) is 18.2 Å². The molecule has 0 aliphatic heterocycles. The molecule has 3 aromatic rings. The van der Waals surface area contributed by atoms with Gasteiger partial charge in [0.05, 0.1) is 23.2 Å². The molecule has 4 rings (SSSR count). The van der Waals surface area contributed by atoms with Gasteiger partial charge in [0.2, 0.25) is 11.7 Å². The lowest BCUT2D eigenvalue weighted by molar-refractivity contribution is -0.0101. The van der Waals surface area contributed by atoms with Crippen LogP contribution in [0.2, 0.25) is 10.0 Å². The third kappa shape index (κ3) is 6.72. The van der Waals surface area contributed by atoms with Gasteiger partial charge in [0, 0.05) is 6.07 Å². The lowest BCUT2D eigenvalue weighted by Gasteiger charge is -2.36. The summed E-state index contributed by atoms with van der Waals surface area (Å²) in [4.78, 5) is 6.48. The summed E-state index contributed by atoms with van der Waals surface area (Å²) in [5.74, 6) is 1.81. The van der Waals surface area contributed by atoms with Gasteiger partial charge in [-0.25, -0.2) is 0 Å². The van der Waals surface area contributed by atoms with Crippen molar-refractivity contribution in [2.75, 3.05) is 20.7 Å². The van der Waals surface area contributed by atoms with Gasteiger partial charge < -0.3 is 19.3 Å². The Morgan fingerprint density at radius 3 is 2.38 bits per heavy atom. The number of hydrogen-bond donors (Lipinski definition) is 1. The largest absolute Gasteiger partial charge is 0.494 e. The molecule has 0 spiro atoms. The second-order valence-electron chi connectivity index (χ2n) is 8.73. The molecule has 1 saturated carbocycles. The highest BCUT2D eigenvalue weighted by atomic mass is 35.5. The van der Waals surface area contributed by atoms with E-state index >= 15 is 0 Å². The van der Waals surface area contributed by atoms with Gasteiger partial charge in [-0.2, -0.15) is 4.98 Å². The minimum atomic E-state index is -1.17. The minimum Gasteiger partial charge on any atom is -0.494 e. The van der Waals surface area contributed by atoms with Crippen molar-refractivity contribution in [3.8, 4) is 5.75 Å². The van der Waals surface area contributed by atoms with Gasteiger partial charge in [0.1, 0.15) is 5.75 Å². The molecule has 0 amide bonds. The number of aliphatic hydroxyl groups is 1. The highest BCUT2D eigenvalue weighted by molar-refractivity contribution is 6.42. The molecule has 34 heavy (non-hydrogen) atoms. The predicted octanol–water partition coefficient (Wildman–Crippen LogP) is 6.34. The van der Waals surface area contributed by atoms with Crippen molar-refractivity contribution in [1.82, 2.24) is 15.0 Å². The first-order valence-corrected chi connectivity index (χ1v) is 12.4. The summed E-state index contributed by atoms with van der Waals surface area (Å²) in [6.45, 7) is 3.13. The molecule has 8 heteroatoms. The Morgan fingerprint density at radius 2 is 1.76 bits per heavy atom. The van der Waals surface area contributed by atoms with Crippen LogP contribution in [-0.4, -0.2) is 40.8 Å². The lowest BCUT2D eigenvalue weighted by Crippen LogP contribution is -2.38. The van der Waals surface area contributed by atoms with Gasteiger partial charge in [0.25, 0.3) is 0 Å². The first kappa shape index (κ1) is 26.5. The smallest absolute Gasteiger partial charge is 0.240 e. The van der Waals surface area contributed by atoms with Gasteiger partial charge in [-0.1, -0.05) is 78.0 Å². The van der Waals surface area contributed by atoms with E-state index in [0.717, 1.165) is 37.0 Å². The topological polar surface area (TPSA) is 71.6 Å². The maximum absolute atomic E-state index is 11.6. The van der Waals surface area contributed by atoms with Crippen LogP contribution in [0.25, 0.3) is 0 Å². The Morgan fingerprint density at radius 1 is 1.06 bits per heavy atom. The van der Waals surface area contributed by atoms with Crippen LogP contribution in [-0.2, 0) is 12.1 Å². The fourth-order valence-electron chi connectivity index (χ4n) is 4.24. The molecule has 0 radical (unpaired) electrons. The number of nitrogens with zero attached hydrogens (tertiary/aromatic N) is 3.